The quantitative estimate of drug-likeness (QED) is 0.228. The molecule has 0 spiro atoms. The number of carbonyl (C=O) groups excluding carboxylic acids is 1. The van der Waals surface area contributed by atoms with Gasteiger partial charge < -0.3 is 14.6 Å². The summed E-state index contributed by atoms with van der Waals surface area (Å²) < 4.78 is 2.12. The van der Waals surface area contributed by atoms with Gasteiger partial charge in [-0.2, -0.15) is 0 Å². The fourth-order valence-corrected chi connectivity index (χ4v) is 5.34. The fourth-order valence-electron chi connectivity index (χ4n) is 5.34. The Bertz CT molecular complexity index is 1470. The molecule has 0 fully saturated rings. The zero-order valence-electron chi connectivity index (χ0n) is 22.9. The van der Waals surface area contributed by atoms with Gasteiger partial charge in [0.15, 0.2) is 0 Å². The third-order valence-electron chi connectivity index (χ3n) is 7.48. The van der Waals surface area contributed by atoms with E-state index in [2.05, 4.69) is 100 Å². The van der Waals surface area contributed by atoms with Gasteiger partial charge >= 0.3 is 0 Å². The van der Waals surface area contributed by atoms with Crippen LogP contribution in [0, 0.1) is 6.92 Å². The van der Waals surface area contributed by atoms with Crippen LogP contribution in [0.25, 0.3) is 5.65 Å². The van der Waals surface area contributed by atoms with Gasteiger partial charge in [-0.25, -0.2) is 4.98 Å². The van der Waals surface area contributed by atoms with Gasteiger partial charge in [0, 0.05) is 57.0 Å². The first-order valence-electron chi connectivity index (χ1n) is 13.6. The molecule has 198 valence electrons. The zero-order chi connectivity index (χ0) is 27.2. The van der Waals surface area contributed by atoms with Crippen LogP contribution in [0.2, 0.25) is 0 Å². The first-order chi connectivity index (χ1) is 19.0. The number of aryl methyl sites for hydroxylation is 1. The van der Waals surface area contributed by atoms with Gasteiger partial charge in [-0.15, -0.1) is 0 Å². The maximum atomic E-state index is 13.4. The average molecular weight is 517 g/mol. The van der Waals surface area contributed by atoms with Crippen molar-refractivity contribution in [1.82, 2.24) is 14.7 Å². The molecule has 0 radical (unpaired) electrons. The Labute approximate surface area is 231 Å². The highest BCUT2D eigenvalue weighted by molar-refractivity contribution is 5.77. The van der Waals surface area contributed by atoms with E-state index in [0.29, 0.717) is 13.0 Å². The topological polar surface area (TPSA) is 49.6 Å². The van der Waals surface area contributed by atoms with Gasteiger partial charge in [0.05, 0.1) is 5.69 Å². The van der Waals surface area contributed by atoms with Crippen LogP contribution in [0.3, 0.4) is 0 Å². The van der Waals surface area contributed by atoms with E-state index < -0.39 is 0 Å². The average Bonchev–Trinajstić information content (AvgIpc) is 3.40. The third kappa shape index (κ3) is 6.04. The third-order valence-corrected chi connectivity index (χ3v) is 7.48. The van der Waals surface area contributed by atoms with E-state index in [0.717, 1.165) is 34.6 Å². The molecule has 1 atom stereocenters. The summed E-state index contributed by atoms with van der Waals surface area (Å²) in [6.07, 6.45) is 5.14. The predicted molar refractivity (Wildman–Crippen MR) is 160 cm³/mol. The molecule has 0 aliphatic carbocycles. The van der Waals surface area contributed by atoms with Crippen LogP contribution in [0.4, 0.5) is 5.69 Å². The second-order valence-electron chi connectivity index (χ2n) is 10.3. The standard InChI is InChI=1S/C34H36N4O/c1-25-11-10-22-38-32(24-36-34(25)38)31(28-16-18-29(19-17-28)37(2)3)23-33(39)35-21-20-30(26-12-6-4-7-13-26)27-14-8-5-9-15-27/h4-19,22,24,30-31H,20-21,23H2,1-3H3,(H,35,39). The molecule has 5 aromatic rings. The number of carbonyl (C=O) groups is 1. The van der Waals surface area contributed by atoms with Gasteiger partial charge in [0.2, 0.25) is 5.91 Å². The van der Waals surface area contributed by atoms with Crippen LogP contribution < -0.4 is 10.2 Å². The molecule has 5 rings (SSSR count). The van der Waals surface area contributed by atoms with E-state index in [1.807, 2.05) is 44.7 Å². The van der Waals surface area contributed by atoms with Crippen molar-refractivity contribution >= 4 is 17.2 Å². The van der Waals surface area contributed by atoms with Crippen molar-refractivity contribution in [2.45, 2.75) is 31.6 Å². The molecular formula is C34H36N4O. The van der Waals surface area contributed by atoms with E-state index in [1.165, 1.54) is 11.1 Å². The normalized spacial score (nSPS) is 12.0. The maximum Gasteiger partial charge on any atom is 0.221 e. The van der Waals surface area contributed by atoms with Gasteiger partial charge in [-0.3, -0.25) is 4.79 Å². The Hall–Kier alpha value is -4.38. The van der Waals surface area contributed by atoms with Crippen molar-refractivity contribution in [3.63, 3.8) is 0 Å². The Kier molecular flexibility index (Phi) is 8.07. The number of fused-ring (bicyclic) bond motifs is 1. The Balaban J connectivity index is 1.35. The smallest absolute Gasteiger partial charge is 0.221 e. The Morgan fingerprint density at radius 3 is 2.05 bits per heavy atom. The van der Waals surface area contributed by atoms with Crippen LogP contribution in [0.5, 0.6) is 0 Å². The van der Waals surface area contributed by atoms with Crippen LogP contribution in [0.1, 0.15) is 52.6 Å². The molecule has 0 saturated heterocycles. The lowest BCUT2D eigenvalue weighted by atomic mass is 9.88. The highest BCUT2D eigenvalue weighted by Gasteiger charge is 2.23. The number of hydrogen-bond donors (Lipinski definition) is 1. The molecule has 0 aliphatic heterocycles. The molecule has 0 aliphatic rings. The molecule has 5 nitrogen and oxygen atoms in total. The zero-order valence-corrected chi connectivity index (χ0v) is 22.9. The molecular weight excluding hydrogens is 480 g/mol. The number of nitrogens with zero attached hydrogens (tertiary/aromatic N) is 3. The monoisotopic (exact) mass is 516 g/mol. The number of imidazole rings is 1. The number of rotatable bonds is 10. The van der Waals surface area contributed by atoms with Gasteiger partial charge in [0.25, 0.3) is 0 Å². The summed E-state index contributed by atoms with van der Waals surface area (Å²) in [6, 6.07) is 33.6. The molecule has 3 aromatic carbocycles. The van der Waals surface area contributed by atoms with E-state index in [4.69, 9.17) is 4.98 Å². The first-order valence-corrected chi connectivity index (χ1v) is 13.6. The number of pyridine rings is 1. The van der Waals surface area contributed by atoms with Crippen LogP contribution >= 0.6 is 0 Å². The molecule has 0 bridgehead atoms. The minimum absolute atomic E-state index is 0.0409. The summed E-state index contributed by atoms with van der Waals surface area (Å²) in [7, 11) is 4.07. The van der Waals surface area contributed by atoms with Crippen LogP contribution in [0.15, 0.2) is 109 Å². The largest absolute Gasteiger partial charge is 0.378 e. The van der Waals surface area contributed by atoms with E-state index in [1.54, 1.807) is 0 Å². The van der Waals surface area contributed by atoms with Crippen LogP contribution in [-0.2, 0) is 4.79 Å². The van der Waals surface area contributed by atoms with Crippen molar-refractivity contribution in [1.29, 1.82) is 0 Å². The minimum atomic E-state index is -0.114. The summed E-state index contributed by atoms with van der Waals surface area (Å²) >= 11 is 0. The Morgan fingerprint density at radius 1 is 0.821 bits per heavy atom. The lowest BCUT2D eigenvalue weighted by molar-refractivity contribution is -0.121. The van der Waals surface area contributed by atoms with Crippen molar-refractivity contribution in [3.8, 4) is 0 Å². The number of benzene rings is 3. The lowest BCUT2D eigenvalue weighted by Crippen LogP contribution is -2.27. The summed E-state index contributed by atoms with van der Waals surface area (Å²) in [4.78, 5) is 20.2. The van der Waals surface area contributed by atoms with E-state index in [9.17, 15) is 4.79 Å². The summed E-state index contributed by atoms with van der Waals surface area (Å²) in [6.45, 7) is 2.67. The molecule has 2 aromatic heterocycles. The lowest BCUT2D eigenvalue weighted by Gasteiger charge is -2.21. The van der Waals surface area contributed by atoms with Gasteiger partial charge in [-0.05, 0) is 53.8 Å². The molecule has 1 N–H and O–H groups in total. The Morgan fingerprint density at radius 2 is 1.44 bits per heavy atom. The van der Waals surface area contributed by atoms with Crippen molar-refractivity contribution in [2.75, 3.05) is 25.5 Å². The second kappa shape index (κ2) is 12.0. The number of nitrogens with one attached hydrogen (secondary N) is 1. The summed E-state index contributed by atoms with van der Waals surface area (Å²) in [5, 5.41) is 3.23. The number of hydrogen-bond acceptors (Lipinski definition) is 3. The number of anilines is 1. The minimum Gasteiger partial charge on any atom is -0.378 e. The molecule has 39 heavy (non-hydrogen) atoms. The van der Waals surface area contributed by atoms with Gasteiger partial charge in [0.1, 0.15) is 5.65 Å². The maximum absolute atomic E-state index is 13.4. The number of aromatic nitrogens is 2. The molecule has 0 saturated carbocycles. The summed E-state index contributed by atoms with van der Waals surface area (Å²) in [5.74, 6) is 0.153. The highest BCUT2D eigenvalue weighted by Crippen LogP contribution is 2.31. The van der Waals surface area contributed by atoms with E-state index >= 15 is 0 Å². The molecule has 1 unspecified atom stereocenters. The summed E-state index contributed by atoms with van der Waals surface area (Å²) in [5.41, 5.74) is 7.82. The molecule has 1 amide bonds. The van der Waals surface area contributed by atoms with Crippen molar-refractivity contribution < 1.29 is 4.79 Å². The van der Waals surface area contributed by atoms with Gasteiger partial charge in [-0.1, -0.05) is 78.9 Å². The van der Waals surface area contributed by atoms with E-state index in [-0.39, 0.29) is 17.7 Å². The van der Waals surface area contributed by atoms with Crippen molar-refractivity contribution in [2.24, 2.45) is 0 Å². The number of amides is 1. The second-order valence-corrected chi connectivity index (χ2v) is 10.3. The van der Waals surface area contributed by atoms with Crippen LogP contribution in [-0.4, -0.2) is 35.9 Å². The molecule has 5 heteroatoms. The highest BCUT2D eigenvalue weighted by atomic mass is 16.1. The predicted octanol–water partition coefficient (Wildman–Crippen LogP) is 6.57. The fraction of sp³-hybridized carbons (Fsp3) is 0.235. The molecule has 2 heterocycles. The van der Waals surface area contributed by atoms with Crippen molar-refractivity contribution in [3.05, 3.63) is 137 Å². The first kappa shape index (κ1) is 26.2. The SMILES string of the molecule is Cc1cccn2c(C(CC(=O)NCCC(c3ccccc3)c3ccccc3)c3ccc(N(C)C)cc3)cnc12.